The van der Waals surface area contributed by atoms with Gasteiger partial charge < -0.3 is 0 Å². The second-order valence-corrected chi connectivity index (χ2v) is 7.19. The molecule has 0 spiro atoms. The number of hydrogen-bond donors (Lipinski definition) is 0. The van der Waals surface area contributed by atoms with E-state index in [1.807, 2.05) is 0 Å². The average Bonchev–Trinajstić information content (AvgIpc) is 2.30. The third kappa shape index (κ3) is 3.63. The summed E-state index contributed by atoms with van der Waals surface area (Å²) in [6, 6.07) is 17.5. The molecule has 0 bridgehead atoms. The van der Waals surface area contributed by atoms with Crippen molar-refractivity contribution < 1.29 is 0 Å². The van der Waals surface area contributed by atoms with Crippen molar-refractivity contribution in [3.05, 3.63) is 48.5 Å². The van der Waals surface area contributed by atoms with Crippen molar-refractivity contribution in [2.75, 3.05) is 0 Å². The first-order valence-electron chi connectivity index (χ1n) is 5.87. The standard InChI is InChI=1S/C15H18P2/c1-11(2)17-15-9-5-13(6-10-15)12-3-7-14(16)8-4-12/h3-11,17H,16H2,1-2H3. The molecule has 0 aliphatic carbocycles. The quantitative estimate of drug-likeness (QED) is 0.740. The van der Waals surface area contributed by atoms with E-state index >= 15 is 0 Å². The van der Waals surface area contributed by atoms with Crippen LogP contribution in [-0.4, -0.2) is 5.66 Å². The SMILES string of the molecule is CC(C)Pc1ccc(-c2ccc(P)cc2)cc1. The fourth-order valence-corrected chi connectivity index (χ4v) is 2.99. The highest BCUT2D eigenvalue weighted by Crippen LogP contribution is 2.21. The van der Waals surface area contributed by atoms with E-state index < -0.39 is 0 Å². The molecular weight excluding hydrogens is 242 g/mol. The summed E-state index contributed by atoms with van der Waals surface area (Å²) in [4.78, 5) is 0. The van der Waals surface area contributed by atoms with E-state index in [0.717, 1.165) is 14.2 Å². The molecule has 0 heterocycles. The van der Waals surface area contributed by atoms with E-state index in [0.29, 0.717) is 0 Å². The van der Waals surface area contributed by atoms with E-state index in [-0.39, 0.29) is 0 Å². The van der Waals surface area contributed by atoms with Crippen molar-refractivity contribution in [1.82, 2.24) is 0 Å². The maximum absolute atomic E-state index is 2.72. The van der Waals surface area contributed by atoms with Crippen molar-refractivity contribution in [1.29, 1.82) is 0 Å². The normalized spacial score (nSPS) is 11.5. The summed E-state index contributed by atoms with van der Waals surface area (Å²) >= 11 is 0. The van der Waals surface area contributed by atoms with Gasteiger partial charge in [0.15, 0.2) is 0 Å². The van der Waals surface area contributed by atoms with Gasteiger partial charge in [-0.3, -0.25) is 0 Å². The Bertz CT molecular complexity index is 469. The highest BCUT2D eigenvalue weighted by Gasteiger charge is 1.99. The average molecular weight is 260 g/mol. The van der Waals surface area contributed by atoms with Gasteiger partial charge >= 0.3 is 0 Å². The largest absolute Gasteiger partial charge is 0.106 e. The zero-order valence-corrected chi connectivity index (χ0v) is 12.4. The number of rotatable bonds is 3. The fourth-order valence-electron chi connectivity index (χ4n) is 1.77. The van der Waals surface area contributed by atoms with Gasteiger partial charge in [0.2, 0.25) is 0 Å². The smallest absolute Gasteiger partial charge is 0.0184 e. The minimum absolute atomic E-state index is 0.747. The van der Waals surface area contributed by atoms with Crippen LogP contribution in [0, 0.1) is 0 Å². The molecule has 2 unspecified atom stereocenters. The Morgan fingerprint density at radius 2 is 1.29 bits per heavy atom. The lowest BCUT2D eigenvalue weighted by Gasteiger charge is -2.07. The van der Waals surface area contributed by atoms with Gasteiger partial charge in [0.1, 0.15) is 0 Å². The van der Waals surface area contributed by atoms with Gasteiger partial charge in [-0.2, -0.15) is 0 Å². The molecule has 0 nitrogen and oxygen atoms in total. The topological polar surface area (TPSA) is 0 Å². The summed E-state index contributed by atoms with van der Waals surface area (Å²) in [6.45, 7) is 4.54. The Morgan fingerprint density at radius 1 is 0.824 bits per heavy atom. The van der Waals surface area contributed by atoms with Gasteiger partial charge in [0.05, 0.1) is 0 Å². The van der Waals surface area contributed by atoms with Gasteiger partial charge in [-0.15, -0.1) is 9.24 Å². The molecule has 0 saturated carbocycles. The molecule has 0 amide bonds. The Morgan fingerprint density at radius 3 is 1.76 bits per heavy atom. The second kappa shape index (κ2) is 5.76. The van der Waals surface area contributed by atoms with Crippen LogP contribution < -0.4 is 10.6 Å². The summed E-state index contributed by atoms with van der Waals surface area (Å²) < 4.78 is 0. The van der Waals surface area contributed by atoms with E-state index in [9.17, 15) is 0 Å². The summed E-state index contributed by atoms with van der Waals surface area (Å²) in [5.74, 6) is 0. The van der Waals surface area contributed by atoms with Crippen molar-refractivity contribution in [2.45, 2.75) is 19.5 Å². The van der Waals surface area contributed by atoms with Crippen LogP contribution in [0.5, 0.6) is 0 Å². The number of benzene rings is 2. The highest BCUT2D eigenvalue weighted by atomic mass is 31.1. The van der Waals surface area contributed by atoms with Crippen LogP contribution >= 0.6 is 17.8 Å². The van der Waals surface area contributed by atoms with Gasteiger partial charge in [-0.1, -0.05) is 71.0 Å². The molecule has 2 aromatic carbocycles. The first-order chi connectivity index (χ1) is 8.15. The van der Waals surface area contributed by atoms with Gasteiger partial charge in [-0.05, 0) is 27.4 Å². The lowest BCUT2D eigenvalue weighted by atomic mass is 10.1. The third-order valence-corrected chi connectivity index (χ3v) is 4.21. The predicted octanol–water partition coefficient (Wildman–Crippen LogP) is 3.57. The molecule has 2 aromatic rings. The fraction of sp³-hybridized carbons (Fsp3) is 0.200. The van der Waals surface area contributed by atoms with E-state index in [1.165, 1.54) is 21.7 Å². The summed E-state index contributed by atoms with van der Waals surface area (Å²) in [7, 11) is 3.63. The molecule has 0 aliphatic rings. The first kappa shape index (κ1) is 12.7. The van der Waals surface area contributed by atoms with Crippen LogP contribution in [0.4, 0.5) is 0 Å². The molecule has 2 rings (SSSR count). The Hall–Kier alpha value is -0.700. The van der Waals surface area contributed by atoms with Gasteiger partial charge in [0.25, 0.3) is 0 Å². The predicted molar refractivity (Wildman–Crippen MR) is 84.3 cm³/mol. The molecular formula is C15H18P2. The molecule has 88 valence electrons. The Balaban J connectivity index is 2.20. The van der Waals surface area contributed by atoms with Crippen LogP contribution in [0.1, 0.15) is 13.8 Å². The summed E-state index contributed by atoms with van der Waals surface area (Å²) in [6.07, 6.45) is 0. The van der Waals surface area contributed by atoms with E-state index in [1.54, 1.807) is 0 Å². The van der Waals surface area contributed by atoms with Crippen LogP contribution in [-0.2, 0) is 0 Å². The monoisotopic (exact) mass is 260 g/mol. The zero-order chi connectivity index (χ0) is 12.3. The molecule has 0 aromatic heterocycles. The second-order valence-electron chi connectivity index (χ2n) is 4.50. The molecule has 0 N–H and O–H groups in total. The Kier molecular flexibility index (Phi) is 4.32. The summed E-state index contributed by atoms with van der Waals surface area (Å²) in [5, 5.41) is 2.68. The molecule has 0 saturated heterocycles. The van der Waals surface area contributed by atoms with Crippen molar-refractivity contribution in [2.24, 2.45) is 0 Å². The maximum Gasteiger partial charge on any atom is -0.0184 e. The van der Waals surface area contributed by atoms with Crippen molar-refractivity contribution in [3.63, 3.8) is 0 Å². The van der Waals surface area contributed by atoms with Gasteiger partial charge in [-0.25, -0.2) is 0 Å². The van der Waals surface area contributed by atoms with Crippen molar-refractivity contribution >= 4 is 28.4 Å². The lowest BCUT2D eigenvalue weighted by molar-refractivity contribution is 1.11. The van der Waals surface area contributed by atoms with Crippen molar-refractivity contribution in [3.8, 4) is 11.1 Å². The molecule has 2 heteroatoms. The lowest BCUT2D eigenvalue weighted by Crippen LogP contribution is -1.98. The zero-order valence-electron chi connectivity index (χ0n) is 10.3. The highest BCUT2D eigenvalue weighted by molar-refractivity contribution is 7.47. The summed E-state index contributed by atoms with van der Waals surface area (Å²) in [5.41, 5.74) is 3.33. The van der Waals surface area contributed by atoms with Crippen LogP contribution in [0.25, 0.3) is 11.1 Å². The molecule has 2 atom stereocenters. The molecule has 0 aliphatic heterocycles. The van der Waals surface area contributed by atoms with Crippen LogP contribution in [0.2, 0.25) is 0 Å². The van der Waals surface area contributed by atoms with E-state index in [4.69, 9.17) is 0 Å². The molecule has 17 heavy (non-hydrogen) atoms. The minimum Gasteiger partial charge on any atom is -0.106 e. The first-order valence-corrected chi connectivity index (χ1v) is 7.53. The van der Waals surface area contributed by atoms with Crippen LogP contribution in [0.3, 0.4) is 0 Å². The molecule has 0 radical (unpaired) electrons. The minimum atomic E-state index is 0.747. The Labute approximate surface area is 108 Å². The third-order valence-electron chi connectivity index (χ3n) is 2.58. The van der Waals surface area contributed by atoms with E-state index in [2.05, 4.69) is 71.6 Å². The van der Waals surface area contributed by atoms with Gasteiger partial charge in [0, 0.05) is 0 Å². The molecule has 0 fully saturated rings. The maximum atomic E-state index is 2.72. The van der Waals surface area contributed by atoms with Crippen LogP contribution in [0.15, 0.2) is 48.5 Å². The number of hydrogen-bond acceptors (Lipinski definition) is 0.